The maximum absolute atomic E-state index is 12.8. The third-order valence-electron chi connectivity index (χ3n) is 6.22. The molecule has 0 radical (unpaired) electrons. The van der Waals surface area contributed by atoms with Crippen LogP contribution in [0, 0.1) is 0 Å². The highest BCUT2D eigenvalue weighted by molar-refractivity contribution is 6.01. The number of alkyl carbamates (subject to hydrolysis) is 1. The maximum Gasteiger partial charge on any atom is 0.412 e. The van der Waals surface area contributed by atoms with Crippen LogP contribution in [0.3, 0.4) is 0 Å². The Morgan fingerprint density at radius 1 is 1.00 bits per heavy atom. The van der Waals surface area contributed by atoms with E-state index in [9.17, 15) is 9.59 Å². The van der Waals surface area contributed by atoms with E-state index in [1.165, 1.54) is 0 Å². The molecule has 1 atom stereocenters. The molecule has 1 aromatic carbocycles. The largest absolute Gasteiger partial charge is 0.497 e. The fourth-order valence-corrected chi connectivity index (χ4v) is 4.65. The lowest BCUT2D eigenvalue weighted by Gasteiger charge is -2.36. The monoisotopic (exact) mass is 552 g/mol. The standard InChI is InChI=1S/C29H40N6O5/c1-28(2,3)39-26(36)32-20-9-8-14-34(18-20)24-22-15-31-35(17-19-10-12-21(38-7)13-11-19)25(22)30-16-23(24)33-27(37)40-29(4,5)6/h10-13,15-16,20H,8-9,14,17-18H2,1-7H3,(H,32,36)(H,33,37). The van der Waals surface area contributed by atoms with E-state index in [1.54, 1.807) is 19.5 Å². The molecule has 11 heteroatoms. The van der Waals surface area contributed by atoms with E-state index in [0.29, 0.717) is 24.4 Å². The Morgan fingerprint density at radius 3 is 2.33 bits per heavy atom. The molecule has 11 nitrogen and oxygen atoms in total. The molecule has 1 aliphatic rings. The molecule has 2 N–H and O–H groups in total. The molecule has 3 heterocycles. The number of aromatic nitrogens is 3. The fraction of sp³-hybridized carbons (Fsp3) is 0.517. The number of nitrogens with zero attached hydrogens (tertiary/aromatic N) is 4. The van der Waals surface area contributed by atoms with Crippen LogP contribution in [-0.4, -0.2) is 64.4 Å². The molecule has 0 aliphatic carbocycles. The Kier molecular flexibility index (Phi) is 8.41. The summed E-state index contributed by atoms with van der Waals surface area (Å²) in [5.41, 5.74) is 1.79. The molecule has 1 fully saturated rings. The summed E-state index contributed by atoms with van der Waals surface area (Å²) in [6.45, 7) is 12.7. The molecule has 1 aliphatic heterocycles. The van der Waals surface area contributed by atoms with Crippen molar-refractivity contribution in [2.24, 2.45) is 0 Å². The Bertz CT molecular complexity index is 1340. The van der Waals surface area contributed by atoms with Crippen LogP contribution in [0.25, 0.3) is 11.0 Å². The predicted molar refractivity (Wildman–Crippen MR) is 154 cm³/mol. The van der Waals surface area contributed by atoms with E-state index in [0.717, 1.165) is 41.8 Å². The van der Waals surface area contributed by atoms with E-state index < -0.39 is 23.4 Å². The lowest BCUT2D eigenvalue weighted by molar-refractivity contribution is 0.0499. The summed E-state index contributed by atoms with van der Waals surface area (Å²) in [4.78, 5) is 32.1. The third-order valence-corrected chi connectivity index (χ3v) is 6.22. The number of pyridine rings is 1. The van der Waals surface area contributed by atoms with Gasteiger partial charge in [0.15, 0.2) is 5.65 Å². The van der Waals surface area contributed by atoms with Gasteiger partial charge in [-0.1, -0.05) is 12.1 Å². The van der Waals surface area contributed by atoms with E-state index in [-0.39, 0.29) is 6.04 Å². The van der Waals surface area contributed by atoms with Gasteiger partial charge in [0.25, 0.3) is 0 Å². The average Bonchev–Trinajstić information content (AvgIpc) is 3.24. The van der Waals surface area contributed by atoms with E-state index in [4.69, 9.17) is 14.2 Å². The van der Waals surface area contributed by atoms with Crippen molar-refractivity contribution in [1.29, 1.82) is 0 Å². The van der Waals surface area contributed by atoms with Crippen molar-refractivity contribution in [3.63, 3.8) is 0 Å². The number of nitrogens with one attached hydrogen (secondary N) is 2. The van der Waals surface area contributed by atoms with Crippen LogP contribution in [0.15, 0.2) is 36.7 Å². The highest BCUT2D eigenvalue weighted by Crippen LogP contribution is 2.36. The number of rotatable bonds is 6. The van der Waals surface area contributed by atoms with Gasteiger partial charge in [-0.25, -0.2) is 19.3 Å². The minimum atomic E-state index is -0.654. The molecule has 216 valence electrons. The first-order chi connectivity index (χ1) is 18.8. The first-order valence-electron chi connectivity index (χ1n) is 13.5. The first kappa shape index (κ1) is 29.0. The number of amides is 2. The summed E-state index contributed by atoms with van der Waals surface area (Å²) in [7, 11) is 1.64. The Morgan fingerprint density at radius 2 is 1.68 bits per heavy atom. The zero-order chi connectivity index (χ0) is 29.1. The average molecular weight is 553 g/mol. The van der Waals surface area contributed by atoms with Crippen molar-refractivity contribution in [3.8, 4) is 5.75 Å². The maximum atomic E-state index is 12.8. The summed E-state index contributed by atoms with van der Waals surface area (Å²) in [5.74, 6) is 0.784. The zero-order valence-corrected chi connectivity index (χ0v) is 24.4. The minimum Gasteiger partial charge on any atom is -0.497 e. The second kappa shape index (κ2) is 11.6. The summed E-state index contributed by atoms with van der Waals surface area (Å²) in [5, 5.41) is 11.3. The van der Waals surface area contributed by atoms with E-state index in [2.05, 4.69) is 25.6 Å². The molecule has 40 heavy (non-hydrogen) atoms. The number of carbonyl (C=O) groups excluding carboxylic acids is 2. The summed E-state index contributed by atoms with van der Waals surface area (Å²) < 4.78 is 18.1. The Hall–Kier alpha value is -4.02. The van der Waals surface area contributed by atoms with E-state index >= 15 is 0 Å². The fourth-order valence-electron chi connectivity index (χ4n) is 4.65. The predicted octanol–water partition coefficient (Wildman–Crippen LogP) is 5.33. The van der Waals surface area contributed by atoms with Gasteiger partial charge in [-0.15, -0.1) is 0 Å². The first-order valence-corrected chi connectivity index (χ1v) is 13.5. The van der Waals surface area contributed by atoms with Crippen LogP contribution in [0.4, 0.5) is 21.0 Å². The number of fused-ring (bicyclic) bond motifs is 1. The molecule has 1 unspecified atom stereocenters. The van der Waals surface area contributed by atoms with Gasteiger partial charge < -0.3 is 24.4 Å². The molecule has 2 aromatic heterocycles. The molecule has 0 spiro atoms. The zero-order valence-electron chi connectivity index (χ0n) is 24.4. The molecule has 0 saturated carbocycles. The lowest BCUT2D eigenvalue weighted by Crippen LogP contribution is -2.49. The minimum absolute atomic E-state index is 0.129. The van der Waals surface area contributed by atoms with Crippen LogP contribution >= 0.6 is 0 Å². The highest BCUT2D eigenvalue weighted by Gasteiger charge is 2.28. The van der Waals surface area contributed by atoms with Crippen molar-refractivity contribution in [2.45, 2.75) is 78.2 Å². The number of ether oxygens (including phenoxy) is 3. The van der Waals surface area contributed by atoms with Gasteiger partial charge in [0.2, 0.25) is 0 Å². The Balaban J connectivity index is 1.65. The second-order valence-corrected chi connectivity index (χ2v) is 12.0. The third kappa shape index (κ3) is 7.55. The quantitative estimate of drug-likeness (QED) is 0.421. The van der Waals surface area contributed by atoms with Gasteiger partial charge in [0, 0.05) is 19.1 Å². The number of hydrogen-bond acceptors (Lipinski definition) is 8. The van der Waals surface area contributed by atoms with Crippen LogP contribution in [0.5, 0.6) is 5.75 Å². The van der Waals surface area contributed by atoms with Crippen molar-refractivity contribution in [2.75, 3.05) is 30.4 Å². The van der Waals surface area contributed by atoms with Crippen LogP contribution in [0.2, 0.25) is 0 Å². The normalized spacial score (nSPS) is 16.0. The molecule has 1 saturated heterocycles. The SMILES string of the molecule is COc1ccc(Cn2ncc3c(N4CCCC(NC(=O)OC(C)(C)C)C4)c(NC(=O)OC(C)(C)C)cnc32)cc1. The van der Waals surface area contributed by atoms with Crippen molar-refractivity contribution < 1.29 is 23.8 Å². The number of anilines is 2. The highest BCUT2D eigenvalue weighted by atomic mass is 16.6. The van der Waals surface area contributed by atoms with Crippen LogP contribution < -0.4 is 20.3 Å². The summed E-state index contributed by atoms with van der Waals surface area (Å²) in [6.07, 6.45) is 4.05. The molecule has 4 rings (SSSR count). The Labute approximate surface area is 235 Å². The van der Waals surface area contributed by atoms with Gasteiger partial charge in [-0.2, -0.15) is 5.10 Å². The van der Waals surface area contributed by atoms with Crippen molar-refractivity contribution in [1.82, 2.24) is 20.1 Å². The molecular formula is C29H40N6O5. The van der Waals surface area contributed by atoms with Gasteiger partial charge >= 0.3 is 12.2 Å². The smallest absolute Gasteiger partial charge is 0.412 e. The van der Waals surface area contributed by atoms with Gasteiger partial charge in [0.05, 0.1) is 42.8 Å². The molecule has 3 aromatic rings. The second-order valence-electron chi connectivity index (χ2n) is 12.0. The van der Waals surface area contributed by atoms with Crippen molar-refractivity contribution >= 4 is 34.6 Å². The topological polar surface area (TPSA) is 120 Å². The summed E-state index contributed by atoms with van der Waals surface area (Å²) >= 11 is 0. The molecule has 2 amide bonds. The van der Waals surface area contributed by atoms with E-state index in [1.807, 2.05) is 70.5 Å². The van der Waals surface area contributed by atoms with Gasteiger partial charge in [-0.3, -0.25) is 5.32 Å². The molecular weight excluding hydrogens is 512 g/mol. The van der Waals surface area contributed by atoms with Gasteiger partial charge in [0.1, 0.15) is 17.0 Å². The molecule has 0 bridgehead atoms. The number of piperidine rings is 1. The number of methoxy groups -OCH3 is 1. The van der Waals surface area contributed by atoms with Gasteiger partial charge in [-0.05, 0) is 72.1 Å². The number of benzene rings is 1. The van der Waals surface area contributed by atoms with Crippen molar-refractivity contribution in [3.05, 3.63) is 42.2 Å². The lowest BCUT2D eigenvalue weighted by atomic mass is 10.0. The number of carbonyl (C=O) groups is 2. The summed E-state index contributed by atoms with van der Waals surface area (Å²) in [6, 6.07) is 7.67. The number of hydrogen-bond donors (Lipinski definition) is 2. The van der Waals surface area contributed by atoms with Crippen LogP contribution in [0.1, 0.15) is 59.9 Å². The van der Waals surface area contributed by atoms with Crippen LogP contribution in [-0.2, 0) is 16.0 Å².